The zero-order valence-corrected chi connectivity index (χ0v) is 28.1. The summed E-state index contributed by atoms with van der Waals surface area (Å²) >= 11 is 0. The largest absolute Gasteiger partial charge is 0.461 e. The van der Waals surface area contributed by atoms with Crippen LogP contribution in [0.25, 0.3) is 0 Å². The van der Waals surface area contributed by atoms with E-state index in [4.69, 9.17) is 23.7 Å². The highest BCUT2D eigenvalue weighted by Crippen LogP contribution is 2.29. The van der Waals surface area contributed by atoms with Crippen molar-refractivity contribution < 1.29 is 52.5 Å². The van der Waals surface area contributed by atoms with Gasteiger partial charge < -0.3 is 23.7 Å². The van der Waals surface area contributed by atoms with Crippen LogP contribution in [-0.4, -0.2) is 67.2 Å². The molecule has 4 unspecified atom stereocenters. The minimum Gasteiger partial charge on any atom is -0.461 e. The molecule has 0 spiro atoms. The van der Waals surface area contributed by atoms with E-state index >= 15 is 0 Å². The van der Waals surface area contributed by atoms with Crippen LogP contribution in [-0.2, 0) is 52.5 Å². The Labute approximate surface area is 250 Å². The predicted molar refractivity (Wildman–Crippen MR) is 154 cm³/mol. The van der Waals surface area contributed by atoms with Gasteiger partial charge in [0.05, 0.1) is 27.1 Å². The first kappa shape index (κ1) is 39.0. The zero-order valence-electron chi connectivity index (χ0n) is 28.1. The number of carbonyl (C=O) groups is 6. The first-order chi connectivity index (χ1) is 18.5. The topological polar surface area (TPSA) is 149 Å². The first-order valence-electron chi connectivity index (χ1n) is 14.0. The van der Waals surface area contributed by atoms with Gasteiger partial charge in [0.25, 0.3) is 0 Å². The molecule has 0 aromatic carbocycles. The summed E-state index contributed by atoms with van der Waals surface area (Å²) in [4.78, 5) is 77.4. The van der Waals surface area contributed by atoms with E-state index in [2.05, 4.69) is 0 Å². The van der Waals surface area contributed by atoms with E-state index in [-0.39, 0.29) is 6.29 Å². The van der Waals surface area contributed by atoms with E-state index in [1.54, 1.807) is 104 Å². The van der Waals surface area contributed by atoms with Crippen LogP contribution in [0.15, 0.2) is 0 Å². The Kier molecular flexibility index (Phi) is 13.0. The van der Waals surface area contributed by atoms with Crippen molar-refractivity contribution >= 4 is 36.1 Å². The predicted octanol–water partition coefficient (Wildman–Crippen LogP) is 4.61. The maximum atomic E-state index is 13.2. The zero-order chi connectivity index (χ0) is 33.6. The molecule has 42 heavy (non-hydrogen) atoms. The van der Waals surface area contributed by atoms with Gasteiger partial charge in [-0.15, -0.1) is 0 Å². The van der Waals surface area contributed by atoms with Crippen LogP contribution in [0.3, 0.4) is 0 Å². The number of carbonyl (C=O) groups excluding carboxylic acids is 6. The number of aldehydes is 1. The second-order valence-corrected chi connectivity index (χ2v) is 15.5. The lowest BCUT2D eigenvalue weighted by Crippen LogP contribution is -2.56. The number of hydrogen-bond donors (Lipinski definition) is 0. The maximum absolute atomic E-state index is 13.2. The van der Waals surface area contributed by atoms with Gasteiger partial charge in [-0.2, -0.15) is 0 Å². The summed E-state index contributed by atoms with van der Waals surface area (Å²) in [5.41, 5.74) is -5.25. The summed E-state index contributed by atoms with van der Waals surface area (Å²) in [6.45, 7) is 23.0. The summed E-state index contributed by atoms with van der Waals surface area (Å²) in [5, 5.41) is 0. The van der Waals surface area contributed by atoms with Crippen LogP contribution < -0.4 is 0 Å². The Hall–Kier alpha value is -2.98. The molecule has 242 valence electrons. The van der Waals surface area contributed by atoms with Crippen molar-refractivity contribution in [3.8, 4) is 0 Å². The minimum atomic E-state index is -1.78. The molecule has 0 heterocycles. The summed E-state index contributed by atoms with van der Waals surface area (Å²) < 4.78 is 28.2. The second-order valence-electron chi connectivity index (χ2n) is 15.5. The standard InChI is InChI=1S/C31H52O11/c1-27(2,3)22(33)38-17-19(40-24(35)29(7,8)9)21(42-26(37)31(13,14)15)20(41-25(36)30(10,11)12)18(16-32)39-23(34)28(4,5)6/h16,18-21H,17H2,1-15H3. The number of rotatable bonds is 10. The molecule has 0 aliphatic carbocycles. The van der Waals surface area contributed by atoms with Gasteiger partial charge in [-0.1, -0.05) is 0 Å². The Morgan fingerprint density at radius 1 is 0.476 bits per heavy atom. The van der Waals surface area contributed by atoms with Gasteiger partial charge in [0, 0.05) is 0 Å². The maximum Gasteiger partial charge on any atom is 0.312 e. The first-order valence-corrected chi connectivity index (χ1v) is 14.0. The van der Waals surface area contributed by atoms with Crippen molar-refractivity contribution in [3.05, 3.63) is 0 Å². The lowest BCUT2D eigenvalue weighted by Gasteiger charge is -2.37. The molecule has 0 aliphatic heterocycles. The monoisotopic (exact) mass is 600 g/mol. The molecule has 0 fully saturated rings. The molecule has 0 bridgehead atoms. The van der Waals surface area contributed by atoms with Crippen molar-refractivity contribution in [3.63, 3.8) is 0 Å². The van der Waals surface area contributed by atoms with Crippen molar-refractivity contribution in [2.75, 3.05) is 6.61 Å². The fraction of sp³-hybridized carbons (Fsp3) is 0.806. The van der Waals surface area contributed by atoms with E-state index in [1.807, 2.05) is 0 Å². The van der Waals surface area contributed by atoms with Gasteiger partial charge in [-0.25, -0.2) is 0 Å². The number of esters is 5. The van der Waals surface area contributed by atoms with Crippen LogP contribution in [0.4, 0.5) is 0 Å². The second kappa shape index (κ2) is 14.0. The van der Waals surface area contributed by atoms with E-state index in [9.17, 15) is 28.8 Å². The normalized spacial score (nSPS) is 15.8. The van der Waals surface area contributed by atoms with Crippen LogP contribution in [0.5, 0.6) is 0 Å². The molecule has 0 saturated carbocycles. The molecule has 11 heteroatoms. The molecular weight excluding hydrogens is 548 g/mol. The summed E-state index contributed by atoms with van der Waals surface area (Å²) in [7, 11) is 0. The molecule has 0 rings (SSSR count). The van der Waals surface area contributed by atoms with Gasteiger partial charge in [-0.3, -0.25) is 28.8 Å². The van der Waals surface area contributed by atoms with Gasteiger partial charge in [0.1, 0.15) is 6.61 Å². The molecule has 11 nitrogen and oxygen atoms in total. The minimum absolute atomic E-state index is 0.242. The Morgan fingerprint density at radius 3 is 1.12 bits per heavy atom. The SMILES string of the molecule is CC(C)(C)C(=O)OCC(OC(=O)C(C)(C)C)C(OC(=O)C(C)(C)C)C(OC(=O)C(C)(C)C)C(C=O)OC(=O)C(C)(C)C. The highest BCUT2D eigenvalue weighted by molar-refractivity contribution is 5.80. The summed E-state index contributed by atoms with van der Waals surface area (Å²) in [5.74, 6) is -3.86. The van der Waals surface area contributed by atoms with Crippen LogP contribution in [0.2, 0.25) is 0 Å². The van der Waals surface area contributed by atoms with Crippen molar-refractivity contribution in [2.24, 2.45) is 27.1 Å². The third-order valence-electron chi connectivity index (χ3n) is 5.58. The average Bonchev–Trinajstić information content (AvgIpc) is 2.78. The van der Waals surface area contributed by atoms with Gasteiger partial charge in [0.15, 0.2) is 30.7 Å². The number of hydrogen-bond acceptors (Lipinski definition) is 11. The van der Waals surface area contributed by atoms with Gasteiger partial charge >= 0.3 is 29.8 Å². The number of ether oxygens (including phenoxy) is 5. The quantitative estimate of drug-likeness (QED) is 0.197. The van der Waals surface area contributed by atoms with Crippen LogP contribution >= 0.6 is 0 Å². The molecule has 0 aromatic rings. The fourth-order valence-electron chi connectivity index (χ4n) is 2.63. The molecule has 0 aromatic heterocycles. The average molecular weight is 601 g/mol. The van der Waals surface area contributed by atoms with E-state index in [0.29, 0.717) is 0 Å². The summed E-state index contributed by atoms with van der Waals surface area (Å²) in [6.07, 6.45) is -6.62. The summed E-state index contributed by atoms with van der Waals surface area (Å²) in [6, 6.07) is 0. The van der Waals surface area contributed by atoms with Gasteiger partial charge in [-0.05, 0) is 104 Å². The molecule has 0 saturated heterocycles. The molecule has 0 aliphatic rings. The lowest BCUT2D eigenvalue weighted by atomic mass is 9.94. The van der Waals surface area contributed by atoms with E-state index < -0.39 is 87.9 Å². The Balaban J connectivity index is 7.27. The third-order valence-corrected chi connectivity index (χ3v) is 5.58. The van der Waals surface area contributed by atoms with Gasteiger partial charge in [0.2, 0.25) is 0 Å². The Morgan fingerprint density at radius 2 is 0.786 bits per heavy atom. The van der Waals surface area contributed by atoms with Crippen LogP contribution in [0, 0.1) is 27.1 Å². The lowest BCUT2D eigenvalue weighted by molar-refractivity contribution is -0.213. The molecular formula is C31H52O11. The Bertz CT molecular complexity index is 992. The smallest absolute Gasteiger partial charge is 0.312 e. The fourth-order valence-corrected chi connectivity index (χ4v) is 2.63. The molecule has 0 amide bonds. The molecule has 4 atom stereocenters. The molecule has 0 N–H and O–H groups in total. The third kappa shape index (κ3) is 12.5. The molecule has 0 radical (unpaired) electrons. The highest BCUT2D eigenvalue weighted by Gasteiger charge is 2.48. The highest BCUT2D eigenvalue weighted by atomic mass is 16.6. The van der Waals surface area contributed by atoms with Crippen molar-refractivity contribution in [2.45, 2.75) is 128 Å². The van der Waals surface area contributed by atoms with Crippen molar-refractivity contribution in [1.29, 1.82) is 0 Å². The van der Waals surface area contributed by atoms with Crippen molar-refractivity contribution in [1.82, 2.24) is 0 Å². The van der Waals surface area contributed by atoms with Crippen LogP contribution in [0.1, 0.15) is 104 Å². The van der Waals surface area contributed by atoms with E-state index in [1.165, 1.54) is 0 Å². The van der Waals surface area contributed by atoms with E-state index in [0.717, 1.165) is 0 Å².